The predicted octanol–water partition coefficient (Wildman–Crippen LogP) is 17.4. The fourth-order valence-electron chi connectivity index (χ4n) is 6.70. The Kier molecular flexibility index (Phi) is 50.3. The number of nitrogens with zero attached hydrogens (tertiary/aromatic N) is 1. The van der Waals surface area contributed by atoms with Gasteiger partial charge in [0.05, 0.1) is 39.9 Å². The van der Waals surface area contributed by atoms with Crippen molar-refractivity contribution in [2.45, 2.75) is 180 Å². The average molecular weight is 1040 g/mol. The van der Waals surface area contributed by atoms with Crippen LogP contribution in [0, 0.1) is 0 Å². The van der Waals surface area contributed by atoms with Gasteiger partial charge in [-0.15, -0.1) is 0 Å². The summed E-state index contributed by atoms with van der Waals surface area (Å²) < 4.78 is 23.6. The van der Waals surface area contributed by atoms with Gasteiger partial charge in [0.2, 0.25) is 5.91 Å². The van der Waals surface area contributed by atoms with Crippen molar-refractivity contribution in [1.29, 1.82) is 0 Å². The van der Waals surface area contributed by atoms with E-state index < -0.39 is 20.0 Å². The molecule has 0 heterocycles. The summed E-state index contributed by atoms with van der Waals surface area (Å²) in [5, 5.41) is 13.8. The highest BCUT2D eigenvalue weighted by Crippen LogP contribution is 2.43. The van der Waals surface area contributed by atoms with Gasteiger partial charge in [-0.25, -0.2) is 4.57 Å². The van der Waals surface area contributed by atoms with Gasteiger partial charge in [0, 0.05) is 6.42 Å². The molecule has 0 fully saturated rings. The van der Waals surface area contributed by atoms with Crippen molar-refractivity contribution in [2.75, 3.05) is 40.9 Å². The molecule has 0 aliphatic heterocycles. The number of carbonyl (C=O) groups is 1. The molecule has 0 saturated heterocycles. The minimum atomic E-state index is -4.38. The predicted molar refractivity (Wildman–Crippen MR) is 322 cm³/mol. The van der Waals surface area contributed by atoms with E-state index in [0.717, 1.165) is 122 Å². The van der Waals surface area contributed by atoms with Gasteiger partial charge in [-0.05, 0) is 135 Å². The lowest BCUT2D eigenvalue weighted by atomic mass is 10.1. The Labute approximate surface area is 453 Å². The lowest BCUT2D eigenvalue weighted by Crippen LogP contribution is -2.45. The van der Waals surface area contributed by atoms with Crippen LogP contribution in [-0.4, -0.2) is 73.4 Å². The molecular weight excluding hydrogens is 936 g/mol. The number of quaternary nitrogens is 1. The minimum Gasteiger partial charge on any atom is -0.387 e. The maximum atomic E-state index is 12.9. The van der Waals surface area contributed by atoms with Crippen LogP contribution in [0.1, 0.15) is 168 Å². The van der Waals surface area contributed by atoms with E-state index in [1.807, 2.05) is 27.2 Å². The first-order valence-corrected chi connectivity index (χ1v) is 29.7. The van der Waals surface area contributed by atoms with Crippen molar-refractivity contribution < 1.29 is 32.9 Å². The van der Waals surface area contributed by atoms with Crippen molar-refractivity contribution in [1.82, 2.24) is 5.32 Å². The summed E-state index contributed by atoms with van der Waals surface area (Å²) in [6.07, 6.45) is 87.2. The Morgan fingerprint density at radius 3 is 1.19 bits per heavy atom. The first kappa shape index (κ1) is 69.6. The molecule has 3 atom stereocenters. The first-order chi connectivity index (χ1) is 36.0. The molecule has 0 aromatic rings. The molecule has 3 N–H and O–H groups in total. The fourth-order valence-corrected chi connectivity index (χ4v) is 7.43. The topological polar surface area (TPSA) is 105 Å². The number of amides is 1. The fraction of sp³-hybridized carbons (Fsp3) is 0.523. The van der Waals surface area contributed by atoms with Crippen LogP contribution in [0.2, 0.25) is 0 Å². The number of rotatable bonds is 48. The van der Waals surface area contributed by atoms with Crippen molar-refractivity contribution >= 4 is 13.7 Å². The third-order valence-corrected chi connectivity index (χ3v) is 12.1. The number of nitrogens with one attached hydrogen (secondary N) is 1. The number of phosphoric ester groups is 1. The number of hydrogen-bond donors (Lipinski definition) is 3. The lowest BCUT2D eigenvalue weighted by molar-refractivity contribution is -0.870. The molecule has 0 bridgehead atoms. The van der Waals surface area contributed by atoms with E-state index in [4.69, 9.17) is 9.05 Å². The van der Waals surface area contributed by atoms with Crippen LogP contribution >= 0.6 is 7.82 Å². The normalized spacial score (nSPS) is 15.3. The molecule has 414 valence electrons. The van der Waals surface area contributed by atoms with E-state index in [0.29, 0.717) is 17.4 Å². The number of likely N-dealkylation sites (N-methyl/N-ethyl adjacent to an activating group) is 1. The van der Waals surface area contributed by atoms with Gasteiger partial charge in [0.1, 0.15) is 13.2 Å². The summed E-state index contributed by atoms with van der Waals surface area (Å²) in [5.41, 5.74) is 0. The molecule has 1 amide bonds. The summed E-state index contributed by atoms with van der Waals surface area (Å²) in [5.74, 6) is -0.244. The minimum absolute atomic E-state index is 0.0341. The molecule has 74 heavy (non-hydrogen) atoms. The molecule has 8 nitrogen and oxygen atoms in total. The molecule has 0 aliphatic carbocycles. The highest BCUT2D eigenvalue weighted by Gasteiger charge is 2.27. The Balaban J connectivity index is 4.30. The molecule has 9 heteroatoms. The van der Waals surface area contributed by atoms with Crippen molar-refractivity contribution in [3.63, 3.8) is 0 Å². The zero-order valence-electron chi connectivity index (χ0n) is 47.0. The molecule has 0 aromatic carbocycles. The molecule has 0 aliphatic rings. The van der Waals surface area contributed by atoms with Gasteiger partial charge in [0.25, 0.3) is 0 Å². The zero-order chi connectivity index (χ0) is 54.2. The standard InChI is InChI=1S/C65H103N2O6P/c1-6-8-10-12-14-16-18-20-21-22-23-24-25-26-27-28-29-30-31-32-33-34-35-36-37-38-39-40-41-42-43-44-45-47-49-51-53-55-57-59-65(69)66-63(62-73-74(70,71)72-61-60-67(3,4)5)64(68)58-56-54-52-50-48-46-19-17-15-13-11-9-7-2/h8,10,14-17,20-21,23-24,26-27,29-30,32-33,35-36,38-39,41-42,44-45,48-51,56,58,63-64,68H,6-7,9,11-13,18-19,22,25,28,31,34,37,40,43,46-47,52-55,57,59-62H2,1-5H3,(H-,66,69,70,71)/p+1/b10-8-,16-14-,17-15+,21-20-,24-23-,27-26-,30-29-,33-32-,36-35-,39-38-,42-41-,45-44-,50-48+,51-49-,58-56+. The SMILES string of the molecule is CC/C=C\C/C=C\C/C=C\C/C=C\C/C=C\C/C=C\C/C=C\C/C=C\C/C=C\C/C=C\C/C=C\C/C=C\CCCCC(=O)NC(COP(=O)(O)OCC[N+](C)(C)C)C(O)/C=C/CC/C=C/CC/C=C/CCCCC. The molecular formula is C65H104N2O6P+. The van der Waals surface area contributed by atoms with Gasteiger partial charge in [-0.2, -0.15) is 0 Å². The highest BCUT2D eigenvalue weighted by atomic mass is 31.2. The maximum Gasteiger partial charge on any atom is 0.472 e. The van der Waals surface area contributed by atoms with Crippen LogP contribution in [0.5, 0.6) is 0 Å². The van der Waals surface area contributed by atoms with E-state index in [9.17, 15) is 19.4 Å². The van der Waals surface area contributed by atoms with Gasteiger partial charge in [0.15, 0.2) is 0 Å². The van der Waals surface area contributed by atoms with Gasteiger partial charge < -0.3 is 19.8 Å². The van der Waals surface area contributed by atoms with Crippen molar-refractivity contribution in [3.8, 4) is 0 Å². The second kappa shape index (κ2) is 53.4. The second-order valence-electron chi connectivity index (χ2n) is 19.2. The van der Waals surface area contributed by atoms with Crippen LogP contribution in [0.3, 0.4) is 0 Å². The number of carbonyl (C=O) groups excluding carboxylic acids is 1. The summed E-state index contributed by atoms with van der Waals surface area (Å²) in [4.78, 5) is 23.2. The molecule has 0 aromatic heterocycles. The van der Waals surface area contributed by atoms with Crippen molar-refractivity contribution in [2.24, 2.45) is 0 Å². The van der Waals surface area contributed by atoms with Gasteiger partial charge in [-0.3, -0.25) is 13.8 Å². The Morgan fingerprint density at radius 2 is 0.811 bits per heavy atom. The lowest BCUT2D eigenvalue weighted by Gasteiger charge is -2.25. The second-order valence-corrected chi connectivity index (χ2v) is 20.7. The monoisotopic (exact) mass is 1040 g/mol. The van der Waals surface area contributed by atoms with Crippen molar-refractivity contribution in [3.05, 3.63) is 182 Å². The van der Waals surface area contributed by atoms with Crippen LogP contribution < -0.4 is 5.32 Å². The maximum absolute atomic E-state index is 12.9. The number of phosphoric acid groups is 1. The largest absolute Gasteiger partial charge is 0.472 e. The summed E-state index contributed by atoms with van der Waals surface area (Å²) in [6.45, 7) is 4.56. The van der Waals surface area contributed by atoms with Crippen LogP contribution in [0.4, 0.5) is 0 Å². The van der Waals surface area contributed by atoms with Crippen LogP contribution in [-0.2, 0) is 18.4 Å². The quantitative estimate of drug-likeness (QED) is 0.0243. The number of unbranched alkanes of at least 4 members (excludes halogenated alkanes) is 7. The van der Waals surface area contributed by atoms with E-state index in [1.165, 1.54) is 19.3 Å². The Hall–Kier alpha value is -4.40. The number of allylic oxidation sites excluding steroid dienone is 29. The number of aliphatic hydroxyl groups excluding tert-OH is 1. The Bertz CT molecular complexity index is 1850. The molecule has 0 radical (unpaired) electrons. The summed E-state index contributed by atoms with van der Waals surface area (Å²) in [6, 6.07) is -0.906. The van der Waals surface area contributed by atoms with E-state index >= 15 is 0 Å². The molecule has 3 unspecified atom stereocenters. The van der Waals surface area contributed by atoms with Gasteiger partial charge in [-0.1, -0.05) is 209 Å². The third-order valence-electron chi connectivity index (χ3n) is 11.1. The van der Waals surface area contributed by atoms with E-state index in [2.05, 4.69) is 189 Å². The highest BCUT2D eigenvalue weighted by molar-refractivity contribution is 7.47. The first-order valence-electron chi connectivity index (χ1n) is 28.2. The average Bonchev–Trinajstić information content (AvgIpc) is 3.36. The van der Waals surface area contributed by atoms with Crippen LogP contribution in [0.15, 0.2) is 182 Å². The van der Waals surface area contributed by atoms with Gasteiger partial charge >= 0.3 is 7.82 Å². The van der Waals surface area contributed by atoms with E-state index in [-0.39, 0.29) is 25.5 Å². The number of hydrogen-bond acceptors (Lipinski definition) is 5. The summed E-state index contributed by atoms with van der Waals surface area (Å²) in [7, 11) is 1.48. The van der Waals surface area contributed by atoms with Crippen LogP contribution in [0.25, 0.3) is 0 Å². The number of aliphatic hydroxyl groups is 1. The summed E-state index contributed by atoms with van der Waals surface area (Å²) >= 11 is 0. The molecule has 0 rings (SSSR count). The van der Waals surface area contributed by atoms with E-state index in [1.54, 1.807) is 6.08 Å². The third kappa shape index (κ3) is 55.4. The smallest absolute Gasteiger partial charge is 0.387 e. The Morgan fingerprint density at radius 1 is 0.473 bits per heavy atom. The zero-order valence-corrected chi connectivity index (χ0v) is 47.9. The molecule has 0 saturated carbocycles. The molecule has 0 spiro atoms.